The highest BCUT2D eigenvalue weighted by Crippen LogP contribution is 2.20. The third-order valence-corrected chi connectivity index (χ3v) is 6.36. The molecule has 0 spiro atoms. The average molecular weight is 525 g/mol. The summed E-state index contributed by atoms with van der Waals surface area (Å²) in [5, 5.41) is 37.0. The van der Waals surface area contributed by atoms with Gasteiger partial charge in [-0.1, -0.05) is 60.7 Å². The van der Waals surface area contributed by atoms with Crippen LogP contribution in [0.3, 0.4) is 0 Å². The number of rotatable bonds is 10. The van der Waals surface area contributed by atoms with Crippen molar-refractivity contribution >= 4 is 23.9 Å². The van der Waals surface area contributed by atoms with Crippen LogP contribution in [-0.4, -0.2) is 44.3 Å². The fourth-order valence-corrected chi connectivity index (χ4v) is 4.39. The lowest BCUT2D eigenvalue weighted by Crippen LogP contribution is -2.08. The Morgan fingerprint density at radius 1 is 0.359 bits per heavy atom. The van der Waals surface area contributed by atoms with Crippen molar-refractivity contribution in [2.75, 3.05) is 0 Å². The van der Waals surface area contributed by atoms with Crippen molar-refractivity contribution in [1.82, 2.24) is 0 Å². The van der Waals surface area contributed by atoms with Gasteiger partial charge in [0, 0.05) is 0 Å². The molecule has 4 rings (SSSR count). The normalized spacial score (nSPS) is 10.7. The van der Waals surface area contributed by atoms with Crippen molar-refractivity contribution in [3.63, 3.8) is 0 Å². The highest BCUT2D eigenvalue weighted by Gasteiger charge is 2.17. The van der Waals surface area contributed by atoms with Crippen LogP contribution < -0.4 is 0 Å². The third kappa shape index (κ3) is 6.56. The predicted octanol–water partition coefficient (Wildman–Crippen LogP) is 5.25. The molecule has 0 aliphatic heterocycles. The number of carbonyl (C=O) groups is 4. The van der Waals surface area contributed by atoms with E-state index in [-0.39, 0.29) is 22.3 Å². The minimum absolute atomic E-state index is 0.236. The van der Waals surface area contributed by atoms with Gasteiger partial charge in [-0.3, -0.25) is 0 Å². The van der Waals surface area contributed by atoms with Crippen LogP contribution in [0, 0.1) is 0 Å². The predicted molar refractivity (Wildman–Crippen MR) is 142 cm³/mol. The van der Waals surface area contributed by atoms with Gasteiger partial charge >= 0.3 is 23.9 Å². The molecule has 4 aromatic carbocycles. The molecule has 8 heteroatoms. The molecular formula is C31H24O8. The van der Waals surface area contributed by atoms with Gasteiger partial charge < -0.3 is 20.4 Å². The average Bonchev–Trinajstić information content (AvgIpc) is 2.90. The second-order valence-corrected chi connectivity index (χ2v) is 9.14. The molecule has 0 saturated heterocycles. The molecule has 0 fully saturated rings. The van der Waals surface area contributed by atoms with E-state index < -0.39 is 23.9 Å². The summed E-state index contributed by atoms with van der Waals surface area (Å²) in [5.41, 5.74) is 4.53. The van der Waals surface area contributed by atoms with Gasteiger partial charge in [0.25, 0.3) is 0 Å². The van der Waals surface area contributed by atoms with E-state index >= 15 is 0 Å². The van der Waals surface area contributed by atoms with E-state index in [0.717, 1.165) is 22.3 Å². The topological polar surface area (TPSA) is 149 Å². The molecule has 0 amide bonds. The summed E-state index contributed by atoms with van der Waals surface area (Å²) in [6, 6.07) is 24.4. The maximum atomic E-state index is 11.4. The Labute approximate surface area is 223 Å². The highest BCUT2D eigenvalue weighted by atomic mass is 16.4. The van der Waals surface area contributed by atoms with Gasteiger partial charge in [0.2, 0.25) is 0 Å². The maximum Gasteiger partial charge on any atom is 0.336 e. The summed E-state index contributed by atoms with van der Waals surface area (Å²) in [4.78, 5) is 45.4. The molecule has 0 radical (unpaired) electrons. The zero-order valence-electron chi connectivity index (χ0n) is 20.6. The summed E-state index contributed by atoms with van der Waals surface area (Å²) >= 11 is 0. The Bertz CT molecular complexity index is 1450. The van der Waals surface area contributed by atoms with Crippen LogP contribution in [0.4, 0.5) is 0 Å². The van der Waals surface area contributed by atoms with Gasteiger partial charge in [-0.15, -0.1) is 0 Å². The van der Waals surface area contributed by atoms with Crippen molar-refractivity contribution in [3.8, 4) is 0 Å². The molecule has 196 valence electrons. The zero-order chi connectivity index (χ0) is 28.1. The monoisotopic (exact) mass is 524 g/mol. The van der Waals surface area contributed by atoms with Crippen LogP contribution >= 0.6 is 0 Å². The lowest BCUT2D eigenvalue weighted by molar-refractivity contribution is 0.0651. The molecule has 4 aromatic rings. The first-order valence-electron chi connectivity index (χ1n) is 12.0. The van der Waals surface area contributed by atoms with E-state index in [4.69, 9.17) is 0 Å². The van der Waals surface area contributed by atoms with Crippen LogP contribution in [0.5, 0.6) is 0 Å². The van der Waals surface area contributed by atoms with Crippen LogP contribution in [-0.2, 0) is 19.3 Å². The van der Waals surface area contributed by atoms with E-state index in [9.17, 15) is 39.6 Å². The van der Waals surface area contributed by atoms with E-state index in [1.54, 1.807) is 12.1 Å². The fraction of sp³-hybridized carbons (Fsp3) is 0.0968. The van der Waals surface area contributed by atoms with Crippen LogP contribution in [0.2, 0.25) is 0 Å². The molecular weight excluding hydrogens is 500 g/mol. The fourth-order valence-electron chi connectivity index (χ4n) is 4.39. The number of hydrogen-bond donors (Lipinski definition) is 4. The molecule has 0 heterocycles. The van der Waals surface area contributed by atoms with Crippen molar-refractivity contribution in [1.29, 1.82) is 0 Å². The lowest BCUT2D eigenvalue weighted by atomic mass is 9.96. The van der Waals surface area contributed by atoms with Gasteiger partial charge in [0.15, 0.2) is 0 Å². The molecule has 0 aromatic heterocycles. The number of carboxylic acid groups (broad SMARTS) is 4. The Kier molecular flexibility index (Phi) is 7.86. The number of aromatic carboxylic acids is 4. The maximum absolute atomic E-state index is 11.4. The third-order valence-electron chi connectivity index (χ3n) is 6.36. The number of benzene rings is 4. The van der Waals surface area contributed by atoms with E-state index in [1.807, 2.05) is 48.5 Å². The summed E-state index contributed by atoms with van der Waals surface area (Å²) in [6.07, 6.45) is 1.62. The minimum Gasteiger partial charge on any atom is -0.478 e. The van der Waals surface area contributed by atoms with Gasteiger partial charge in [-0.05, 0) is 76.9 Å². The van der Waals surface area contributed by atoms with Crippen LogP contribution in [0.25, 0.3) is 0 Å². The van der Waals surface area contributed by atoms with E-state index in [2.05, 4.69) is 0 Å². The zero-order valence-corrected chi connectivity index (χ0v) is 20.6. The molecule has 8 nitrogen and oxygen atoms in total. The molecule has 0 atom stereocenters. The van der Waals surface area contributed by atoms with Crippen molar-refractivity contribution in [3.05, 3.63) is 141 Å². The van der Waals surface area contributed by atoms with Crippen LogP contribution in [0.1, 0.15) is 74.8 Å². The smallest absolute Gasteiger partial charge is 0.336 e. The number of hydrogen-bond acceptors (Lipinski definition) is 4. The first-order valence-corrected chi connectivity index (χ1v) is 12.0. The Hall–Kier alpha value is -5.24. The van der Waals surface area contributed by atoms with Crippen molar-refractivity contribution in [2.45, 2.75) is 19.3 Å². The van der Waals surface area contributed by atoms with Gasteiger partial charge in [0.1, 0.15) is 0 Å². The minimum atomic E-state index is -1.28. The summed E-state index contributed by atoms with van der Waals surface area (Å²) < 4.78 is 0. The van der Waals surface area contributed by atoms with Gasteiger partial charge in [0.05, 0.1) is 22.3 Å². The molecule has 39 heavy (non-hydrogen) atoms. The second kappa shape index (κ2) is 11.4. The summed E-state index contributed by atoms with van der Waals surface area (Å²) in [7, 11) is 0. The summed E-state index contributed by atoms with van der Waals surface area (Å²) in [6.45, 7) is 0. The Morgan fingerprint density at radius 3 is 0.846 bits per heavy atom. The van der Waals surface area contributed by atoms with Gasteiger partial charge in [-0.2, -0.15) is 0 Å². The highest BCUT2D eigenvalue weighted by molar-refractivity contribution is 6.02. The molecule has 0 unspecified atom stereocenters. The number of carboxylic acids is 4. The summed E-state index contributed by atoms with van der Waals surface area (Å²) in [5.74, 6) is -5.12. The Balaban J connectivity index is 1.40. The molecule has 0 bridgehead atoms. The standard InChI is InChI=1S/C31H24O8/c32-28(33)24-11-9-22(16-26(24)30(36)37)14-20-5-1-18(2-6-20)13-19-3-7-21(8-4-19)15-23-10-12-25(29(34)35)27(17-23)31(38)39/h1-12,16-17H,13-15H2,(H,32,33)(H,34,35)(H,36,37)(H,38,39). The molecule has 0 saturated carbocycles. The molecule has 4 N–H and O–H groups in total. The first-order chi connectivity index (χ1) is 18.6. The van der Waals surface area contributed by atoms with Crippen molar-refractivity contribution in [2.24, 2.45) is 0 Å². The SMILES string of the molecule is O=C(O)c1ccc(Cc2ccc(Cc3ccc(Cc4ccc(C(=O)O)c(C(=O)O)c4)cc3)cc2)cc1C(=O)O. The quantitative estimate of drug-likeness (QED) is 0.220. The molecule has 0 aliphatic carbocycles. The first kappa shape index (κ1) is 26.8. The molecule has 0 aliphatic rings. The van der Waals surface area contributed by atoms with Gasteiger partial charge in [-0.25, -0.2) is 19.2 Å². The largest absolute Gasteiger partial charge is 0.478 e. The van der Waals surface area contributed by atoms with Crippen LogP contribution in [0.15, 0.2) is 84.9 Å². The lowest BCUT2D eigenvalue weighted by Gasteiger charge is -2.09. The van der Waals surface area contributed by atoms with E-state index in [1.165, 1.54) is 24.3 Å². The van der Waals surface area contributed by atoms with E-state index in [0.29, 0.717) is 30.4 Å². The van der Waals surface area contributed by atoms with Crippen molar-refractivity contribution < 1.29 is 39.6 Å². The Morgan fingerprint density at radius 2 is 0.590 bits per heavy atom. The second-order valence-electron chi connectivity index (χ2n) is 9.14.